The third kappa shape index (κ3) is 5.99. The standard InChI is InChI=1S/C23H32F3N3O2/c1-16(2)15-27-21(30)20(17-6-3-4-7-17)28-10-12-29(13-11-28)22(31)18-8-5-9-19(14-18)23(24,25)26/h5,8-9,14,16-17,20H,3-4,6-7,10-13,15H2,1-2H3,(H,27,30). The molecule has 3 rings (SSSR count). The third-order valence-electron chi connectivity index (χ3n) is 6.23. The van der Waals surface area contributed by atoms with Crippen LogP contribution in [0, 0.1) is 11.8 Å². The number of rotatable bonds is 6. The Morgan fingerprint density at radius 1 is 1.10 bits per heavy atom. The van der Waals surface area contributed by atoms with E-state index in [9.17, 15) is 22.8 Å². The van der Waals surface area contributed by atoms with Gasteiger partial charge in [0.15, 0.2) is 0 Å². The average Bonchev–Trinajstić information content (AvgIpc) is 3.26. The van der Waals surface area contributed by atoms with Gasteiger partial charge in [-0.05, 0) is 42.9 Å². The van der Waals surface area contributed by atoms with E-state index in [2.05, 4.69) is 24.1 Å². The van der Waals surface area contributed by atoms with E-state index in [0.29, 0.717) is 44.6 Å². The molecule has 1 aromatic carbocycles. The molecule has 1 aromatic rings. The van der Waals surface area contributed by atoms with Gasteiger partial charge in [-0.1, -0.05) is 32.8 Å². The maximum Gasteiger partial charge on any atom is 0.416 e. The second kappa shape index (κ2) is 10.0. The highest BCUT2D eigenvalue weighted by atomic mass is 19.4. The number of alkyl halides is 3. The number of hydrogen-bond acceptors (Lipinski definition) is 3. The van der Waals surface area contributed by atoms with E-state index in [1.807, 2.05) is 0 Å². The van der Waals surface area contributed by atoms with E-state index in [1.165, 1.54) is 12.1 Å². The number of carbonyl (C=O) groups is 2. The van der Waals surface area contributed by atoms with Gasteiger partial charge in [0.25, 0.3) is 5.91 Å². The molecule has 1 aliphatic heterocycles. The van der Waals surface area contributed by atoms with Gasteiger partial charge in [0, 0.05) is 38.3 Å². The molecule has 1 N–H and O–H groups in total. The summed E-state index contributed by atoms with van der Waals surface area (Å²) in [6, 6.07) is 4.37. The van der Waals surface area contributed by atoms with Gasteiger partial charge in [-0.2, -0.15) is 13.2 Å². The van der Waals surface area contributed by atoms with Crippen molar-refractivity contribution in [2.24, 2.45) is 11.8 Å². The molecule has 0 bridgehead atoms. The Kier molecular flexibility index (Phi) is 7.62. The van der Waals surface area contributed by atoms with Crippen molar-refractivity contribution in [3.63, 3.8) is 0 Å². The minimum absolute atomic E-state index is 0.0466. The zero-order valence-corrected chi connectivity index (χ0v) is 18.3. The summed E-state index contributed by atoms with van der Waals surface area (Å²) in [5, 5.41) is 3.07. The second-order valence-corrected chi connectivity index (χ2v) is 9.04. The van der Waals surface area contributed by atoms with Gasteiger partial charge < -0.3 is 10.2 Å². The minimum atomic E-state index is -4.48. The van der Waals surface area contributed by atoms with E-state index in [1.54, 1.807) is 4.90 Å². The van der Waals surface area contributed by atoms with Crippen molar-refractivity contribution in [3.8, 4) is 0 Å². The summed E-state index contributed by atoms with van der Waals surface area (Å²) in [5.41, 5.74) is -0.773. The van der Waals surface area contributed by atoms with Crippen LogP contribution in [-0.2, 0) is 11.0 Å². The van der Waals surface area contributed by atoms with Crippen LogP contribution < -0.4 is 5.32 Å². The van der Waals surface area contributed by atoms with Crippen molar-refractivity contribution in [2.45, 2.75) is 51.7 Å². The van der Waals surface area contributed by atoms with E-state index in [0.717, 1.165) is 37.8 Å². The second-order valence-electron chi connectivity index (χ2n) is 9.04. The topological polar surface area (TPSA) is 52.7 Å². The molecule has 2 aliphatic rings. The number of hydrogen-bond donors (Lipinski definition) is 1. The van der Waals surface area contributed by atoms with Crippen molar-refractivity contribution < 1.29 is 22.8 Å². The number of amides is 2. The van der Waals surface area contributed by atoms with E-state index in [-0.39, 0.29) is 17.5 Å². The molecule has 172 valence electrons. The Balaban J connectivity index is 1.65. The van der Waals surface area contributed by atoms with E-state index in [4.69, 9.17) is 0 Å². The number of carbonyl (C=O) groups excluding carboxylic acids is 2. The quantitative estimate of drug-likeness (QED) is 0.734. The predicted octanol–water partition coefficient (Wildman–Crippen LogP) is 3.79. The Labute approximate surface area is 182 Å². The zero-order valence-electron chi connectivity index (χ0n) is 18.3. The monoisotopic (exact) mass is 439 g/mol. The molecule has 1 heterocycles. The summed E-state index contributed by atoms with van der Waals surface area (Å²) in [5.74, 6) is 0.346. The Hall–Kier alpha value is -2.09. The van der Waals surface area contributed by atoms with Crippen LogP contribution in [0.3, 0.4) is 0 Å². The molecule has 0 aromatic heterocycles. The minimum Gasteiger partial charge on any atom is -0.354 e. The van der Waals surface area contributed by atoms with Crippen molar-refractivity contribution in [1.82, 2.24) is 15.1 Å². The smallest absolute Gasteiger partial charge is 0.354 e. The van der Waals surface area contributed by atoms with Gasteiger partial charge in [-0.15, -0.1) is 0 Å². The fourth-order valence-corrected chi connectivity index (χ4v) is 4.57. The molecule has 31 heavy (non-hydrogen) atoms. The molecular formula is C23H32F3N3O2. The maximum absolute atomic E-state index is 13.0. The molecule has 1 saturated carbocycles. The van der Waals surface area contributed by atoms with Gasteiger partial charge in [0.05, 0.1) is 11.6 Å². The molecule has 1 saturated heterocycles. The number of nitrogens with one attached hydrogen (secondary N) is 1. The lowest BCUT2D eigenvalue weighted by molar-refractivity contribution is -0.137. The molecular weight excluding hydrogens is 407 g/mol. The highest BCUT2D eigenvalue weighted by Gasteiger charge is 2.37. The summed E-state index contributed by atoms with van der Waals surface area (Å²) in [4.78, 5) is 29.5. The summed E-state index contributed by atoms with van der Waals surface area (Å²) in [6.45, 7) is 6.63. The summed E-state index contributed by atoms with van der Waals surface area (Å²) in [7, 11) is 0. The fourth-order valence-electron chi connectivity index (χ4n) is 4.57. The SMILES string of the molecule is CC(C)CNC(=O)C(C1CCCC1)N1CCN(C(=O)c2cccc(C(F)(F)F)c2)CC1. The molecule has 2 fully saturated rings. The zero-order chi connectivity index (χ0) is 22.6. The first-order chi connectivity index (χ1) is 14.7. The van der Waals surface area contributed by atoms with Gasteiger partial charge in [0.2, 0.25) is 5.91 Å². The molecule has 5 nitrogen and oxygen atoms in total. The first-order valence-electron chi connectivity index (χ1n) is 11.1. The molecule has 1 unspecified atom stereocenters. The van der Waals surface area contributed by atoms with Gasteiger partial charge in [0.1, 0.15) is 0 Å². The summed E-state index contributed by atoms with van der Waals surface area (Å²) >= 11 is 0. The van der Waals surface area contributed by atoms with E-state index >= 15 is 0 Å². The highest BCUT2D eigenvalue weighted by Crippen LogP contribution is 2.32. The Bertz CT molecular complexity index is 768. The molecule has 1 atom stereocenters. The third-order valence-corrected chi connectivity index (χ3v) is 6.23. The van der Waals surface area contributed by atoms with Crippen LogP contribution in [-0.4, -0.2) is 60.4 Å². The van der Waals surface area contributed by atoms with Gasteiger partial charge in [-0.25, -0.2) is 0 Å². The molecule has 1 aliphatic carbocycles. The van der Waals surface area contributed by atoms with Crippen LogP contribution in [0.2, 0.25) is 0 Å². The van der Waals surface area contributed by atoms with Crippen molar-refractivity contribution in [1.29, 1.82) is 0 Å². The maximum atomic E-state index is 13.0. The lowest BCUT2D eigenvalue weighted by Crippen LogP contribution is -2.58. The summed E-state index contributed by atoms with van der Waals surface area (Å²) in [6.07, 6.45) is -0.154. The number of nitrogens with zero attached hydrogens (tertiary/aromatic N) is 2. The van der Waals surface area contributed by atoms with Crippen LogP contribution in [0.5, 0.6) is 0 Å². The van der Waals surface area contributed by atoms with Crippen LogP contribution in [0.4, 0.5) is 13.2 Å². The van der Waals surface area contributed by atoms with Gasteiger partial charge >= 0.3 is 6.18 Å². The largest absolute Gasteiger partial charge is 0.416 e. The molecule has 8 heteroatoms. The van der Waals surface area contributed by atoms with Crippen LogP contribution in [0.1, 0.15) is 55.5 Å². The highest BCUT2D eigenvalue weighted by molar-refractivity contribution is 5.94. The molecule has 0 radical (unpaired) electrons. The van der Waals surface area contributed by atoms with Crippen molar-refractivity contribution >= 4 is 11.8 Å². The van der Waals surface area contributed by atoms with Crippen LogP contribution in [0.25, 0.3) is 0 Å². The van der Waals surface area contributed by atoms with Crippen LogP contribution >= 0.6 is 0 Å². The summed E-state index contributed by atoms with van der Waals surface area (Å²) < 4.78 is 38.9. The van der Waals surface area contributed by atoms with E-state index < -0.39 is 17.6 Å². The average molecular weight is 440 g/mol. The molecule has 0 spiro atoms. The first kappa shape index (κ1) is 23.6. The van der Waals surface area contributed by atoms with Gasteiger partial charge in [-0.3, -0.25) is 14.5 Å². The lowest BCUT2D eigenvalue weighted by atomic mass is 9.94. The predicted molar refractivity (Wildman–Crippen MR) is 113 cm³/mol. The van der Waals surface area contributed by atoms with Crippen molar-refractivity contribution in [3.05, 3.63) is 35.4 Å². The number of halogens is 3. The van der Waals surface area contributed by atoms with Crippen molar-refractivity contribution in [2.75, 3.05) is 32.7 Å². The normalized spacial score (nSPS) is 19.6. The number of piperazine rings is 1. The fraction of sp³-hybridized carbons (Fsp3) is 0.652. The Morgan fingerprint density at radius 2 is 1.74 bits per heavy atom. The molecule has 2 amide bonds. The number of benzene rings is 1. The Morgan fingerprint density at radius 3 is 2.32 bits per heavy atom. The first-order valence-corrected chi connectivity index (χ1v) is 11.1. The van der Waals surface area contributed by atoms with Crippen LogP contribution in [0.15, 0.2) is 24.3 Å². The lowest BCUT2D eigenvalue weighted by Gasteiger charge is -2.41.